The van der Waals surface area contributed by atoms with Crippen molar-refractivity contribution in [2.75, 3.05) is 44.7 Å². The molecule has 0 unspecified atom stereocenters. The van der Waals surface area contributed by atoms with E-state index in [2.05, 4.69) is 37.2 Å². The molecule has 2 aliphatic heterocycles. The minimum absolute atomic E-state index is 0.0139. The first-order chi connectivity index (χ1) is 14.2. The van der Waals surface area contributed by atoms with E-state index in [-0.39, 0.29) is 11.9 Å². The number of guanidine groups is 1. The highest BCUT2D eigenvalue weighted by Gasteiger charge is 2.27. The molecule has 2 aliphatic rings. The number of ether oxygens (including phenoxy) is 1. The van der Waals surface area contributed by atoms with E-state index in [0.717, 1.165) is 56.4 Å². The van der Waals surface area contributed by atoms with Crippen molar-refractivity contribution in [2.45, 2.75) is 52.0 Å². The maximum atomic E-state index is 11.9. The third-order valence-corrected chi connectivity index (χ3v) is 5.82. The summed E-state index contributed by atoms with van der Waals surface area (Å²) in [5.41, 5.74) is 1.14. The van der Waals surface area contributed by atoms with Crippen molar-refractivity contribution in [3.8, 4) is 0 Å². The molecule has 160 valence electrons. The van der Waals surface area contributed by atoms with Gasteiger partial charge in [0, 0.05) is 46.0 Å². The van der Waals surface area contributed by atoms with Crippen LogP contribution >= 0.6 is 0 Å². The van der Waals surface area contributed by atoms with Gasteiger partial charge in [0.25, 0.3) is 0 Å². The van der Waals surface area contributed by atoms with Crippen LogP contribution in [-0.2, 0) is 16.1 Å². The summed E-state index contributed by atoms with van der Waals surface area (Å²) in [6.07, 6.45) is 8.76. The molecule has 0 atom stereocenters. The molecule has 2 saturated heterocycles. The average molecular weight is 402 g/mol. The molecule has 1 N–H and O–H groups in total. The highest BCUT2D eigenvalue weighted by Crippen LogP contribution is 2.19. The number of hydrogen-bond donors (Lipinski definition) is 1. The number of likely N-dealkylation sites (tertiary alicyclic amines) is 1. The van der Waals surface area contributed by atoms with Gasteiger partial charge in [-0.3, -0.25) is 9.79 Å². The zero-order chi connectivity index (χ0) is 20.5. The van der Waals surface area contributed by atoms with Crippen LogP contribution in [0.3, 0.4) is 0 Å². The number of esters is 1. The number of carbonyl (C=O) groups excluding carboxylic acids is 1. The Morgan fingerprint density at radius 1 is 1.17 bits per heavy atom. The summed E-state index contributed by atoms with van der Waals surface area (Å²) in [6, 6.07) is 4.29. The van der Waals surface area contributed by atoms with Crippen LogP contribution in [0.25, 0.3) is 0 Å². The second-order valence-electron chi connectivity index (χ2n) is 7.84. The zero-order valence-corrected chi connectivity index (χ0v) is 17.9. The lowest BCUT2D eigenvalue weighted by atomic mass is 9.97. The van der Waals surface area contributed by atoms with E-state index in [1.165, 1.54) is 25.7 Å². The van der Waals surface area contributed by atoms with E-state index >= 15 is 0 Å². The summed E-state index contributed by atoms with van der Waals surface area (Å²) >= 11 is 0. The minimum Gasteiger partial charge on any atom is -0.466 e. The predicted molar refractivity (Wildman–Crippen MR) is 116 cm³/mol. The standard InChI is InChI=1S/C22H35N5O2/c1-3-29-21(28)19-10-14-27(15-11-19)22(23-2)25-17-18-8-9-20(24-16-18)26-12-6-4-5-7-13-26/h8-9,16,19H,3-7,10-15,17H2,1-2H3,(H,23,25). The summed E-state index contributed by atoms with van der Waals surface area (Å²) in [4.78, 5) is 25.6. The first-order valence-corrected chi connectivity index (χ1v) is 11.0. The van der Waals surface area contributed by atoms with Gasteiger partial charge in [0.1, 0.15) is 5.82 Å². The smallest absolute Gasteiger partial charge is 0.309 e. The van der Waals surface area contributed by atoms with Crippen LogP contribution in [0.15, 0.2) is 23.3 Å². The lowest BCUT2D eigenvalue weighted by molar-refractivity contribution is -0.149. The maximum Gasteiger partial charge on any atom is 0.309 e. The molecule has 7 heteroatoms. The van der Waals surface area contributed by atoms with Gasteiger partial charge in [0.2, 0.25) is 0 Å². The fourth-order valence-corrected chi connectivity index (χ4v) is 4.11. The Morgan fingerprint density at radius 3 is 2.48 bits per heavy atom. The van der Waals surface area contributed by atoms with Crippen LogP contribution in [0.5, 0.6) is 0 Å². The number of anilines is 1. The molecule has 0 radical (unpaired) electrons. The topological polar surface area (TPSA) is 70.1 Å². The summed E-state index contributed by atoms with van der Waals surface area (Å²) < 4.78 is 5.16. The monoisotopic (exact) mass is 401 g/mol. The average Bonchev–Trinajstić information content (AvgIpc) is 3.05. The van der Waals surface area contributed by atoms with Gasteiger partial charge in [-0.15, -0.1) is 0 Å². The van der Waals surface area contributed by atoms with Crippen LogP contribution < -0.4 is 10.2 Å². The number of hydrogen-bond acceptors (Lipinski definition) is 5. The third-order valence-electron chi connectivity index (χ3n) is 5.82. The second kappa shape index (κ2) is 11.0. The first-order valence-electron chi connectivity index (χ1n) is 11.0. The van der Waals surface area contributed by atoms with Crippen molar-refractivity contribution < 1.29 is 9.53 Å². The van der Waals surface area contributed by atoms with Crippen LogP contribution in [0, 0.1) is 5.92 Å². The molecule has 0 amide bonds. The van der Waals surface area contributed by atoms with Gasteiger partial charge in [-0.05, 0) is 44.2 Å². The normalized spacial score (nSPS) is 19.0. The molecule has 7 nitrogen and oxygen atoms in total. The zero-order valence-electron chi connectivity index (χ0n) is 17.9. The van der Waals surface area contributed by atoms with Gasteiger partial charge in [-0.25, -0.2) is 4.98 Å². The van der Waals surface area contributed by atoms with E-state index in [1.54, 1.807) is 7.05 Å². The molecule has 0 saturated carbocycles. The van der Waals surface area contributed by atoms with Crippen LogP contribution in [0.2, 0.25) is 0 Å². The van der Waals surface area contributed by atoms with E-state index in [0.29, 0.717) is 13.2 Å². The summed E-state index contributed by atoms with van der Waals surface area (Å²) in [5, 5.41) is 3.44. The van der Waals surface area contributed by atoms with Gasteiger partial charge < -0.3 is 19.9 Å². The maximum absolute atomic E-state index is 11.9. The number of nitrogens with one attached hydrogen (secondary N) is 1. The molecule has 0 spiro atoms. The highest BCUT2D eigenvalue weighted by atomic mass is 16.5. The molecular formula is C22H35N5O2. The quantitative estimate of drug-likeness (QED) is 0.465. The van der Waals surface area contributed by atoms with Crippen molar-refractivity contribution in [1.82, 2.24) is 15.2 Å². The molecule has 3 rings (SSSR count). The lowest BCUT2D eigenvalue weighted by Crippen LogP contribution is -2.46. The Bertz CT molecular complexity index is 660. The van der Waals surface area contributed by atoms with Gasteiger partial charge in [-0.1, -0.05) is 18.9 Å². The van der Waals surface area contributed by atoms with Crippen LogP contribution in [0.1, 0.15) is 51.0 Å². The molecule has 3 heterocycles. The van der Waals surface area contributed by atoms with Gasteiger partial charge in [0.05, 0.1) is 12.5 Å². The number of nitrogens with zero attached hydrogens (tertiary/aromatic N) is 4. The van der Waals surface area contributed by atoms with Crippen molar-refractivity contribution in [3.05, 3.63) is 23.9 Å². The van der Waals surface area contributed by atoms with Crippen molar-refractivity contribution >= 4 is 17.7 Å². The molecular weight excluding hydrogens is 366 g/mol. The van der Waals surface area contributed by atoms with Crippen LogP contribution in [-0.4, -0.2) is 61.6 Å². The number of rotatable bonds is 5. The number of aliphatic imine (C=N–C) groups is 1. The van der Waals surface area contributed by atoms with E-state index in [4.69, 9.17) is 4.74 Å². The van der Waals surface area contributed by atoms with Crippen LogP contribution in [0.4, 0.5) is 5.82 Å². The van der Waals surface area contributed by atoms with E-state index < -0.39 is 0 Å². The predicted octanol–water partition coefficient (Wildman–Crippen LogP) is 2.81. The molecule has 0 aromatic carbocycles. The largest absolute Gasteiger partial charge is 0.466 e. The molecule has 1 aromatic heterocycles. The van der Waals surface area contributed by atoms with Gasteiger partial charge >= 0.3 is 5.97 Å². The molecule has 0 aliphatic carbocycles. The van der Waals surface area contributed by atoms with Gasteiger partial charge in [0.15, 0.2) is 5.96 Å². The Kier molecular flexibility index (Phi) is 8.14. The molecule has 0 bridgehead atoms. The summed E-state index contributed by atoms with van der Waals surface area (Å²) in [7, 11) is 1.81. The third kappa shape index (κ3) is 6.08. The summed E-state index contributed by atoms with van der Waals surface area (Å²) in [5.74, 6) is 1.91. The van der Waals surface area contributed by atoms with Crippen molar-refractivity contribution in [1.29, 1.82) is 0 Å². The number of pyridine rings is 1. The molecule has 2 fully saturated rings. The summed E-state index contributed by atoms with van der Waals surface area (Å²) in [6.45, 7) is 6.85. The van der Waals surface area contributed by atoms with Gasteiger partial charge in [-0.2, -0.15) is 0 Å². The Hall–Kier alpha value is -2.31. The molecule has 29 heavy (non-hydrogen) atoms. The minimum atomic E-state index is -0.0642. The fraction of sp³-hybridized carbons (Fsp3) is 0.682. The Balaban J connectivity index is 1.47. The van der Waals surface area contributed by atoms with E-state index in [9.17, 15) is 4.79 Å². The Morgan fingerprint density at radius 2 is 1.90 bits per heavy atom. The number of carbonyl (C=O) groups is 1. The SMILES string of the molecule is CCOC(=O)C1CCN(C(=NC)NCc2ccc(N3CCCCCC3)nc2)CC1. The molecule has 1 aromatic rings. The number of aromatic nitrogens is 1. The van der Waals surface area contributed by atoms with E-state index in [1.807, 2.05) is 13.1 Å². The second-order valence-corrected chi connectivity index (χ2v) is 7.84. The first kappa shape index (κ1) is 21.4. The Labute approximate surface area is 174 Å². The van der Waals surface area contributed by atoms with Crippen molar-refractivity contribution in [3.63, 3.8) is 0 Å². The van der Waals surface area contributed by atoms with Crippen molar-refractivity contribution in [2.24, 2.45) is 10.9 Å². The fourth-order valence-electron chi connectivity index (χ4n) is 4.11. The highest BCUT2D eigenvalue weighted by molar-refractivity contribution is 5.80. The lowest BCUT2D eigenvalue weighted by Gasteiger charge is -2.33. The number of piperidine rings is 1.